The van der Waals surface area contributed by atoms with Crippen molar-refractivity contribution in [1.82, 2.24) is 0 Å². The lowest BCUT2D eigenvalue weighted by Gasteiger charge is -2.31. The van der Waals surface area contributed by atoms with Gasteiger partial charge in [0.1, 0.15) is 23.3 Å². The SMILES string of the molecule is CN(C)c1ccc2cc(C3=CC(=C(C#N)C#N)CC(C)(C)C3)c(=O)oc2c1. The van der Waals surface area contributed by atoms with Crippen LogP contribution in [0.4, 0.5) is 5.69 Å². The van der Waals surface area contributed by atoms with Crippen molar-refractivity contribution in [2.45, 2.75) is 26.7 Å². The number of rotatable bonds is 2. The minimum absolute atomic E-state index is 0.0982. The first-order chi connectivity index (χ1) is 12.7. The molecule has 0 saturated heterocycles. The number of hydrogen-bond donors (Lipinski definition) is 0. The summed E-state index contributed by atoms with van der Waals surface area (Å²) >= 11 is 0. The molecule has 1 heterocycles. The first-order valence-electron chi connectivity index (χ1n) is 8.73. The highest BCUT2D eigenvalue weighted by atomic mass is 16.4. The summed E-state index contributed by atoms with van der Waals surface area (Å²) in [5.74, 6) is 0. The third-order valence-electron chi connectivity index (χ3n) is 4.81. The third kappa shape index (κ3) is 3.64. The van der Waals surface area contributed by atoms with Gasteiger partial charge in [-0.25, -0.2) is 4.79 Å². The zero-order valence-electron chi connectivity index (χ0n) is 16.0. The molecule has 136 valence electrons. The quantitative estimate of drug-likeness (QED) is 0.586. The number of nitrogens with zero attached hydrogens (tertiary/aromatic N) is 3. The topological polar surface area (TPSA) is 81.0 Å². The molecule has 1 aliphatic rings. The number of fused-ring (bicyclic) bond motifs is 1. The molecule has 2 aromatic rings. The minimum Gasteiger partial charge on any atom is -0.422 e. The summed E-state index contributed by atoms with van der Waals surface area (Å²) in [7, 11) is 3.86. The molecule has 0 aliphatic heterocycles. The zero-order valence-corrected chi connectivity index (χ0v) is 16.0. The van der Waals surface area contributed by atoms with Crippen LogP contribution in [-0.2, 0) is 0 Å². The summed E-state index contributed by atoms with van der Waals surface area (Å²) in [6.45, 7) is 4.14. The highest BCUT2D eigenvalue weighted by molar-refractivity contribution is 5.84. The van der Waals surface area contributed by atoms with Crippen molar-refractivity contribution in [2.24, 2.45) is 5.41 Å². The Balaban J connectivity index is 2.19. The van der Waals surface area contributed by atoms with E-state index in [4.69, 9.17) is 4.42 Å². The summed E-state index contributed by atoms with van der Waals surface area (Å²) in [6.07, 6.45) is 3.10. The molecule has 27 heavy (non-hydrogen) atoms. The van der Waals surface area contributed by atoms with Gasteiger partial charge in [-0.05, 0) is 47.6 Å². The van der Waals surface area contributed by atoms with Crippen molar-refractivity contribution >= 4 is 22.2 Å². The maximum atomic E-state index is 12.7. The summed E-state index contributed by atoms with van der Waals surface area (Å²) in [6, 6.07) is 11.5. The van der Waals surface area contributed by atoms with Crippen LogP contribution in [0.15, 0.2) is 50.7 Å². The Labute approximate surface area is 158 Å². The molecular formula is C22H21N3O2. The molecule has 0 N–H and O–H groups in total. The molecular weight excluding hydrogens is 338 g/mol. The van der Waals surface area contributed by atoms with Crippen molar-refractivity contribution in [3.05, 3.63) is 57.5 Å². The summed E-state index contributed by atoms with van der Waals surface area (Å²) in [5.41, 5.74) is 2.99. The second-order valence-corrected chi connectivity index (χ2v) is 7.88. The fourth-order valence-electron chi connectivity index (χ4n) is 3.51. The standard InChI is InChI=1S/C22H21N3O2/c1-22(2)10-15(17(12-23)13-24)7-16(11-22)19-8-14-5-6-18(25(3)4)9-20(14)27-21(19)26/h5-9H,10-11H2,1-4H3. The van der Waals surface area contributed by atoms with Crippen molar-refractivity contribution < 1.29 is 4.42 Å². The van der Waals surface area contributed by atoms with E-state index in [1.54, 1.807) is 6.08 Å². The van der Waals surface area contributed by atoms with Gasteiger partial charge < -0.3 is 9.32 Å². The molecule has 3 rings (SSSR count). The van der Waals surface area contributed by atoms with Gasteiger partial charge in [0, 0.05) is 31.2 Å². The van der Waals surface area contributed by atoms with E-state index in [1.165, 1.54) is 0 Å². The lowest BCUT2D eigenvalue weighted by atomic mass is 9.73. The first kappa shape index (κ1) is 18.5. The summed E-state index contributed by atoms with van der Waals surface area (Å²) in [5, 5.41) is 19.3. The Kier molecular flexibility index (Phi) is 4.64. The van der Waals surface area contributed by atoms with Gasteiger partial charge in [-0.2, -0.15) is 10.5 Å². The third-order valence-corrected chi connectivity index (χ3v) is 4.81. The predicted molar refractivity (Wildman–Crippen MR) is 106 cm³/mol. The normalized spacial score (nSPS) is 15.6. The summed E-state index contributed by atoms with van der Waals surface area (Å²) < 4.78 is 5.58. The Morgan fingerprint density at radius 3 is 2.48 bits per heavy atom. The maximum Gasteiger partial charge on any atom is 0.343 e. The molecule has 0 fully saturated rings. The number of anilines is 1. The Bertz CT molecular complexity index is 1100. The zero-order chi connectivity index (χ0) is 19.8. The van der Waals surface area contributed by atoms with E-state index in [9.17, 15) is 15.3 Å². The Hall–Kier alpha value is -3.31. The predicted octanol–water partition coefficient (Wildman–Crippen LogP) is 4.41. The average molecular weight is 359 g/mol. The van der Waals surface area contributed by atoms with E-state index in [0.29, 0.717) is 29.6 Å². The molecule has 0 atom stereocenters. The van der Waals surface area contributed by atoms with Crippen LogP contribution in [0.2, 0.25) is 0 Å². The van der Waals surface area contributed by atoms with Crippen LogP contribution in [0.3, 0.4) is 0 Å². The molecule has 0 spiro atoms. The molecule has 1 aromatic carbocycles. The molecule has 0 amide bonds. The van der Waals surface area contributed by atoms with Gasteiger partial charge >= 0.3 is 5.63 Å². The highest BCUT2D eigenvalue weighted by Gasteiger charge is 2.29. The lowest BCUT2D eigenvalue weighted by molar-refractivity contribution is 0.368. The number of nitriles is 2. The molecule has 0 saturated carbocycles. The average Bonchev–Trinajstić information content (AvgIpc) is 2.60. The lowest BCUT2D eigenvalue weighted by Crippen LogP contribution is -2.20. The molecule has 0 bridgehead atoms. The van der Waals surface area contributed by atoms with Crippen molar-refractivity contribution in [3.63, 3.8) is 0 Å². The summed E-state index contributed by atoms with van der Waals surface area (Å²) in [4.78, 5) is 14.6. The van der Waals surface area contributed by atoms with Gasteiger partial charge in [0.25, 0.3) is 0 Å². The van der Waals surface area contributed by atoms with E-state index in [2.05, 4.69) is 13.8 Å². The van der Waals surface area contributed by atoms with Crippen molar-refractivity contribution in [1.29, 1.82) is 10.5 Å². The van der Waals surface area contributed by atoms with Crippen LogP contribution in [0.1, 0.15) is 32.3 Å². The number of hydrogen-bond acceptors (Lipinski definition) is 5. The molecule has 5 nitrogen and oxygen atoms in total. The van der Waals surface area contributed by atoms with Crippen LogP contribution in [0, 0.1) is 28.1 Å². The smallest absolute Gasteiger partial charge is 0.343 e. The fourth-order valence-corrected chi connectivity index (χ4v) is 3.51. The van der Waals surface area contributed by atoms with E-state index in [-0.39, 0.29) is 11.0 Å². The monoisotopic (exact) mass is 359 g/mol. The van der Waals surface area contributed by atoms with Gasteiger partial charge in [0.15, 0.2) is 0 Å². The molecule has 0 unspecified atom stereocenters. The van der Waals surface area contributed by atoms with Gasteiger partial charge in [0.05, 0.1) is 5.56 Å². The van der Waals surface area contributed by atoms with Gasteiger partial charge in [0.2, 0.25) is 0 Å². The van der Waals surface area contributed by atoms with Crippen LogP contribution in [-0.4, -0.2) is 14.1 Å². The fraction of sp³-hybridized carbons (Fsp3) is 0.318. The van der Waals surface area contributed by atoms with E-state index in [0.717, 1.165) is 16.6 Å². The second kappa shape index (κ2) is 6.78. The van der Waals surface area contributed by atoms with E-state index in [1.807, 2.05) is 55.4 Å². The number of benzene rings is 1. The molecule has 1 aliphatic carbocycles. The molecule has 5 heteroatoms. The largest absolute Gasteiger partial charge is 0.422 e. The van der Waals surface area contributed by atoms with Crippen LogP contribution >= 0.6 is 0 Å². The van der Waals surface area contributed by atoms with Gasteiger partial charge in [-0.1, -0.05) is 19.9 Å². The van der Waals surface area contributed by atoms with Gasteiger partial charge in [-0.3, -0.25) is 0 Å². The molecule has 1 aromatic heterocycles. The van der Waals surface area contributed by atoms with Crippen LogP contribution < -0.4 is 10.5 Å². The molecule has 0 radical (unpaired) electrons. The maximum absolute atomic E-state index is 12.7. The van der Waals surface area contributed by atoms with E-state index < -0.39 is 5.63 Å². The second-order valence-electron chi connectivity index (χ2n) is 7.88. The van der Waals surface area contributed by atoms with Crippen molar-refractivity contribution in [2.75, 3.05) is 19.0 Å². The van der Waals surface area contributed by atoms with Crippen LogP contribution in [0.5, 0.6) is 0 Å². The van der Waals surface area contributed by atoms with Crippen LogP contribution in [0.25, 0.3) is 16.5 Å². The highest BCUT2D eigenvalue weighted by Crippen LogP contribution is 2.42. The Morgan fingerprint density at radius 2 is 1.85 bits per heavy atom. The van der Waals surface area contributed by atoms with Crippen molar-refractivity contribution in [3.8, 4) is 12.1 Å². The Morgan fingerprint density at radius 1 is 1.15 bits per heavy atom. The minimum atomic E-state index is -0.405. The van der Waals surface area contributed by atoms with Gasteiger partial charge in [-0.15, -0.1) is 0 Å². The van der Waals surface area contributed by atoms with E-state index >= 15 is 0 Å². The number of allylic oxidation sites excluding steroid dienone is 4. The first-order valence-corrected chi connectivity index (χ1v) is 8.73.